The molecule has 0 spiro atoms. The number of halogens is 1. The van der Waals surface area contributed by atoms with E-state index >= 15 is 0 Å². The lowest BCUT2D eigenvalue weighted by molar-refractivity contribution is -0.133. The van der Waals surface area contributed by atoms with Gasteiger partial charge in [0, 0.05) is 18.0 Å². The molecule has 2 aliphatic rings. The molecule has 2 fully saturated rings. The molecule has 126 valence electrons. The van der Waals surface area contributed by atoms with Gasteiger partial charge < -0.3 is 10.2 Å². The van der Waals surface area contributed by atoms with E-state index in [0.29, 0.717) is 24.2 Å². The summed E-state index contributed by atoms with van der Waals surface area (Å²) < 4.78 is 0. The number of piperidine rings is 1. The number of carbonyl (C=O) groups is 1. The average molecular weight is 335 g/mol. The monoisotopic (exact) mass is 334 g/mol. The number of carbonyl (C=O) groups excluding carboxylic acids is 1. The van der Waals surface area contributed by atoms with Gasteiger partial charge in [-0.2, -0.15) is 0 Å². The largest absolute Gasteiger partial charge is 0.336 e. The van der Waals surface area contributed by atoms with Gasteiger partial charge in [-0.1, -0.05) is 30.7 Å². The highest BCUT2D eigenvalue weighted by molar-refractivity contribution is 6.30. The highest BCUT2D eigenvalue weighted by Gasteiger charge is 2.31. The Bertz CT molecular complexity index is 525. The minimum atomic E-state index is 0.233. The summed E-state index contributed by atoms with van der Waals surface area (Å²) in [5.74, 6) is 1.42. The zero-order valence-corrected chi connectivity index (χ0v) is 14.7. The number of hydrogen-bond acceptors (Lipinski definition) is 2. The third kappa shape index (κ3) is 4.07. The van der Waals surface area contributed by atoms with E-state index < -0.39 is 0 Å². The van der Waals surface area contributed by atoms with E-state index in [1.807, 2.05) is 12.1 Å². The van der Waals surface area contributed by atoms with E-state index in [4.69, 9.17) is 11.6 Å². The van der Waals surface area contributed by atoms with Crippen molar-refractivity contribution in [1.82, 2.24) is 10.2 Å². The van der Waals surface area contributed by atoms with Crippen molar-refractivity contribution in [1.29, 1.82) is 0 Å². The molecule has 1 aromatic rings. The molecule has 23 heavy (non-hydrogen) atoms. The number of hydrogen-bond donors (Lipinski definition) is 1. The van der Waals surface area contributed by atoms with Gasteiger partial charge in [0.05, 0.1) is 6.04 Å². The summed E-state index contributed by atoms with van der Waals surface area (Å²) in [5.41, 5.74) is 1.22. The van der Waals surface area contributed by atoms with Crippen molar-refractivity contribution < 1.29 is 4.79 Å². The molecule has 3 unspecified atom stereocenters. The van der Waals surface area contributed by atoms with Gasteiger partial charge in [0.2, 0.25) is 5.91 Å². The Labute approximate surface area is 144 Å². The molecule has 3 atom stereocenters. The second-order valence-corrected chi connectivity index (χ2v) is 7.52. The molecule has 2 heterocycles. The molecule has 0 saturated carbocycles. The smallest absolute Gasteiger partial charge is 0.223 e. The van der Waals surface area contributed by atoms with Gasteiger partial charge in [0.1, 0.15) is 0 Å². The molecule has 0 radical (unpaired) electrons. The highest BCUT2D eigenvalue weighted by Crippen LogP contribution is 2.34. The second kappa shape index (κ2) is 7.67. The van der Waals surface area contributed by atoms with Crippen molar-refractivity contribution in [3.05, 3.63) is 34.9 Å². The molecule has 2 aliphatic heterocycles. The van der Waals surface area contributed by atoms with Crippen LogP contribution < -0.4 is 5.32 Å². The summed E-state index contributed by atoms with van der Waals surface area (Å²) >= 11 is 5.99. The molecular formula is C19H27ClN2O. The van der Waals surface area contributed by atoms with Gasteiger partial charge in [-0.05, 0) is 68.3 Å². The third-order valence-corrected chi connectivity index (χ3v) is 5.72. The second-order valence-electron chi connectivity index (χ2n) is 7.08. The fourth-order valence-electron chi connectivity index (χ4n) is 4.02. The minimum absolute atomic E-state index is 0.233. The van der Waals surface area contributed by atoms with Crippen molar-refractivity contribution in [2.75, 3.05) is 19.6 Å². The van der Waals surface area contributed by atoms with E-state index in [1.54, 1.807) is 0 Å². The zero-order chi connectivity index (χ0) is 16.2. The minimum Gasteiger partial charge on any atom is -0.336 e. The Hall–Kier alpha value is -1.06. The maximum atomic E-state index is 12.8. The third-order valence-electron chi connectivity index (χ3n) is 5.46. The number of rotatable bonds is 4. The van der Waals surface area contributed by atoms with Gasteiger partial charge in [0.25, 0.3) is 0 Å². The maximum Gasteiger partial charge on any atom is 0.223 e. The molecule has 3 nitrogen and oxygen atoms in total. The summed E-state index contributed by atoms with van der Waals surface area (Å²) in [5, 5.41) is 4.21. The Morgan fingerprint density at radius 1 is 1.30 bits per heavy atom. The van der Waals surface area contributed by atoms with Crippen LogP contribution in [-0.4, -0.2) is 30.4 Å². The summed E-state index contributed by atoms with van der Waals surface area (Å²) in [6, 6.07) is 8.21. The number of likely N-dealkylation sites (tertiary alicyclic amines) is 1. The SMILES string of the molecule is CC(CC(=O)N1CCCC1c1ccc(Cl)cc1)C1CCCNC1. The molecule has 0 aromatic heterocycles. The fraction of sp³-hybridized carbons (Fsp3) is 0.632. The Balaban J connectivity index is 1.62. The Morgan fingerprint density at radius 2 is 2.09 bits per heavy atom. The maximum absolute atomic E-state index is 12.8. The van der Waals surface area contributed by atoms with Gasteiger partial charge >= 0.3 is 0 Å². The highest BCUT2D eigenvalue weighted by atomic mass is 35.5. The van der Waals surface area contributed by atoms with Crippen LogP contribution >= 0.6 is 11.6 Å². The van der Waals surface area contributed by atoms with Crippen LogP contribution in [0.15, 0.2) is 24.3 Å². The van der Waals surface area contributed by atoms with E-state index in [1.165, 1.54) is 18.4 Å². The first-order chi connectivity index (χ1) is 11.1. The van der Waals surface area contributed by atoms with Crippen LogP contribution in [0, 0.1) is 11.8 Å². The van der Waals surface area contributed by atoms with Crippen molar-refractivity contribution in [2.45, 2.75) is 45.1 Å². The average Bonchev–Trinajstić information content (AvgIpc) is 3.06. The molecule has 1 N–H and O–H groups in total. The molecule has 1 amide bonds. The zero-order valence-electron chi connectivity index (χ0n) is 13.9. The first-order valence-electron chi connectivity index (χ1n) is 8.91. The van der Waals surface area contributed by atoms with Crippen LogP contribution in [0.5, 0.6) is 0 Å². The number of nitrogens with one attached hydrogen (secondary N) is 1. The Morgan fingerprint density at radius 3 is 2.78 bits per heavy atom. The van der Waals surface area contributed by atoms with Gasteiger partial charge in [-0.15, -0.1) is 0 Å². The molecule has 2 saturated heterocycles. The lowest BCUT2D eigenvalue weighted by Crippen LogP contribution is -2.37. The number of amides is 1. The standard InChI is InChI=1S/C19H27ClN2O/c1-14(16-4-2-10-21-13-16)12-19(23)22-11-3-5-18(22)15-6-8-17(20)9-7-15/h6-9,14,16,18,21H,2-5,10-13H2,1H3. The van der Waals surface area contributed by atoms with Gasteiger partial charge in [0.15, 0.2) is 0 Å². The quantitative estimate of drug-likeness (QED) is 0.901. The van der Waals surface area contributed by atoms with Crippen LogP contribution in [0.1, 0.15) is 50.6 Å². The van der Waals surface area contributed by atoms with Crippen molar-refractivity contribution in [2.24, 2.45) is 11.8 Å². The normalized spacial score (nSPS) is 26.3. The molecule has 1 aromatic carbocycles. The summed E-state index contributed by atoms with van der Waals surface area (Å²) in [6.07, 6.45) is 5.32. The van der Waals surface area contributed by atoms with Crippen molar-refractivity contribution in [3.8, 4) is 0 Å². The lowest BCUT2D eigenvalue weighted by atomic mass is 9.85. The summed E-state index contributed by atoms with van der Waals surface area (Å²) in [7, 11) is 0. The molecule has 0 aliphatic carbocycles. The van der Waals surface area contributed by atoms with Gasteiger partial charge in [-0.3, -0.25) is 4.79 Å². The van der Waals surface area contributed by atoms with Crippen LogP contribution in [0.3, 0.4) is 0 Å². The first kappa shape index (κ1) is 16.8. The van der Waals surface area contributed by atoms with E-state index in [9.17, 15) is 4.79 Å². The van der Waals surface area contributed by atoms with Crippen LogP contribution in [0.4, 0.5) is 0 Å². The summed E-state index contributed by atoms with van der Waals surface area (Å²) in [6.45, 7) is 5.32. The van der Waals surface area contributed by atoms with Crippen LogP contribution in [0.2, 0.25) is 5.02 Å². The topological polar surface area (TPSA) is 32.3 Å². The van der Waals surface area contributed by atoms with Crippen LogP contribution in [-0.2, 0) is 4.79 Å². The van der Waals surface area contributed by atoms with Gasteiger partial charge in [-0.25, -0.2) is 0 Å². The van der Waals surface area contributed by atoms with Crippen LogP contribution in [0.25, 0.3) is 0 Å². The Kier molecular flexibility index (Phi) is 5.60. The van der Waals surface area contributed by atoms with E-state index in [0.717, 1.165) is 37.5 Å². The summed E-state index contributed by atoms with van der Waals surface area (Å²) in [4.78, 5) is 14.9. The predicted octanol–water partition coefficient (Wildman–Crippen LogP) is 4.03. The van der Waals surface area contributed by atoms with E-state index in [2.05, 4.69) is 29.3 Å². The molecule has 0 bridgehead atoms. The number of nitrogens with zero attached hydrogens (tertiary/aromatic N) is 1. The molecular weight excluding hydrogens is 308 g/mol. The molecule has 3 rings (SSSR count). The fourth-order valence-corrected chi connectivity index (χ4v) is 4.15. The van der Waals surface area contributed by atoms with Crippen molar-refractivity contribution >= 4 is 17.5 Å². The number of benzene rings is 1. The first-order valence-corrected chi connectivity index (χ1v) is 9.28. The van der Waals surface area contributed by atoms with Crippen molar-refractivity contribution in [3.63, 3.8) is 0 Å². The van der Waals surface area contributed by atoms with E-state index in [-0.39, 0.29) is 6.04 Å². The lowest BCUT2D eigenvalue weighted by Gasteiger charge is -2.31. The molecule has 4 heteroatoms. The predicted molar refractivity (Wildman–Crippen MR) is 94.5 cm³/mol.